The van der Waals surface area contributed by atoms with Gasteiger partial charge in [0.1, 0.15) is 5.75 Å². The van der Waals surface area contributed by atoms with Crippen molar-refractivity contribution < 1.29 is 13.5 Å². The van der Waals surface area contributed by atoms with Crippen LogP contribution in [0.2, 0.25) is 5.02 Å². The molecule has 0 N–H and O–H groups in total. The zero-order chi connectivity index (χ0) is 17.8. The van der Waals surface area contributed by atoms with E-state index in [9.17, 15) is 8.78 Å². The largest absolute Gasteiger partial charge is 0.433 e. The van der Waals surface area contributed by atoms with Crippen LogP contribution in [0.4, 0.5) is 8.78 Å². The van der Waals surface area contributed by atoms with E-state index in [1.165, 1.54) is 17.7 Å². The normalized spacial score (nSPS) is 14.0. The molecule has 0 aliphatic carbocycles. The second kappa shape index (κ2) is 7.78. The van der Waals surface area contributed by atoms with Crippen LogP contribution in [0.3, 0.4) is 0 Å². The molecular formula is C18H18ClF2N3O. The summed E-state index contributed by atoms with van der Waals surface area (Å²) in [6.45, 7) is 0.584. The van der Waals surface area contributed by atoms with Crippen molar-refractivity contribution in [2.75, 3.05) is 6.54 Å². The predicted molar refractivity (Wildman–Crippen MR) is 94.6 cm³/mol. The molecule has 0 amide bonds. The van der Waals surface area contributed by atoms with Crippen molar-refractivity contribution in [3.8, 4) is 16.9 Å². The van der Waals surface area contributed by atoms with Crippen molar-refractivity contribution in [1.82, 2.24) is 9.78 Å². The highest BCUT2D eigenvalue weighted by atomic mass is 35.5. The van der Waals surface area contributed by atoms with Crippen LogP contribution in [0.25, 0.3) is 11.1 Å². The first-order chi connectivity index (χ1) is 12.0. The van der Waals surface area contributed by atoms with Gasteiger partial charge in [0.15, 0.2) is 0 Å². The van der Waals surface area contributed by atoms with Gasteiger partial charge in [-0.2, -0.15) is 13.9 Å². The molecule has 4 nitrogen and oxygen atoms in total. The molecule has 1 aromatic heterocycles. The maximum absolute atomic E-state index is 12.4. The van der Waals surface area contributed by atoms with Gasteiger partial charge in [0, 0.05) is 11.8 Å². The quantitative estimate of drug-likeness (QED) is 0.693. The zero-order valence-electron chi connectivity index (χ0n) is 13.8. The fourth-order valence-electron chi connectivity index (χ4n) is 2.73. The SMILES string of the molecule is CCCC1=CC(Cn2cc(-c3ccc(Cl)c(OC(F)F)c3)cn2)=NC1. The Morgan fingerprint density at radius 1 is 1.32 bits per heavy atom. The van der Waals surface area contributed by atoms with E-state index >= 15 is 0 Å². The van der Waals surface area contributed by atoms with Gasteiger partial charge in [0.05, 0.1) is 30.0 Å². The van der Waals surface area contributed by atoms with Crippen molar-refractivity contribution in [3.63, 3.8) is 0 Å². The lowest BCUT2D eigenvalue weighted by atomic mass is 10.1. The number of ether oxygens (including phenoxy) is 1. The van der Waals surface area contributed by atoms with E-state index in [0.717, 1.165) is 30.7 Å². The van der Waals surface area contributed by atoms with Gasteiger partial charge in [-0.3, -0.25) is 9.67 Å². The predicted octanol–water partition coefficient (Wildman–Crippen LogP) is 4.99. The minimum Gasteiger partial charge on any atom is -0.433 e. The lowest BCUT2D eigenvalue weighted by molar-refractivity contribution is -0.0497. The van der Waals surface area contributed by atoms with Crippen LogP contribution in [0.15, 0.2) is 47.2 Å². The standard InChI is InChI=1S/C18H18ClF2N3O/c1-2-3-12-6-15(22-8-12)11-24-10-14(9-23-24)13-4-5-16(19)17(7-13)25-18(20)21/h4-7,9-10,18H,2-3,8,11H2,1H3. The van der Waals surface area contributed by atoms with E-state index in [0.29, 0.717) is 12.1 Å². The van der Waals surface area contributed by atoms with Crippen molar-refractivity contribution in [2.24, 2.45) is 4.99 Å². The molecule has 3 rings (SSSR count). The Kier molecular flexibility index (Phi) is 5.48. The van der Waals surface area contributed by atoms with Crippen molar-refractivity contribution in [1.29, 1.82) is 0 Å². The molecule has 2 aromatic rings. The third-order valence-corrected chi connectivity index (χ3v) is 4.18. The highest BCUT2D eigenvalue weighted by Gasteiger charge is 2.12. The molecule has 0 fully saturated rings. The molecule has 0 spiro atoms. The van der Waals surface area contributed by atoms with Crippen LogP contribution in [-0.4, -0.2) is 28.6 Å². The fourth-order valence-corrected chi connectivity index (χ4v) is 2.89. The smallest absolute Gasteiger partial charge is 0.387 e. The van der Waals surface area contributed by atoms with Gasteiger partial charge in [-0.05, 0) is 35.8 Å². The Morgan fingerprint density at radius 2 is 2.16 bits per heavy atom. The first-order valence-corrected chi connectivity index (χ1v) is 8.43. The van der Waals surface area contributed by atoms with Gasteiger partial charge in [0.25, 0.3) is 0 Å². The van der Waals surface area contributed by atoms with Crippen LogP contribution in [0.1, 0.15) is 19.8 Å². The van der Waals surface area contributed by atoms with E-state index in [2.05, 4.69) is 27.8 Å². The molecule has 2 heterocycles. The summed E-state index contributed by atoms with van der Waals surface area (Å²) in [6, 6.07) is 4.77. The lowest BCUT2D eigenvalue weighted by Gasteiger charge is -2.08. The number of halogens is 3. The molecule has 0 radical (unpaired) electrons. The fraction of sp³-hybridized carbons (Fsp3) is 0.333. The topological polar surface area (TPSA) is 39.4 Å². The molecule has 1 aliphatic heterocycles. The average Bonchev–Trinajstić information content (AvgIpc) is 3.20. The number of rotatable bonds is 7. The minimum atomic E-state index is -2.92. The molecule has 25 heavy (non-hydrogen) atoms. The first kappa shape index (κ1) is 17.6. The number of hydrogen-bond acceptors (Lipinski definition) is 3. The summed E-state index contributed by atoms with van der Waals surface area (Å²) < 4.78 is 31.1. The maximum Gasteiger partial charge on any atom is 0.387 e. The zero-order valence-corrected chi connectivity index (χ0v) is 14.5. The van der Waals surface area contributed by atoms with Crippen LogP contribution in [-0.2, 0) is 6.54 Å². The average molecular weight is 366 g/mol. The van der Waals surface area contributed by atoms with Crippen LogP contribution >= 0.6 is 11.6 Å². The second-order valence-electron chi connectivity index (χ2n) is 5.81. The third-order valence-electron chi connectivity index (χ3n) is 3.86. The highest BCUT2D eigenvalue weighted by Crippen LogP contribution is 2.31. The first-order valence-electron chi connectivity index (χ1n) is 8.05. The molecule has 0 saturated carbocycles. The summed E-state index contributed by atoms with van der Waals surface area (Å²) in [5.41, 5.74) is 3.85. The Bertz CT molecular complexity index is 814. The van der Waals surface area contributed by atoms with Crippen molar-refractivity contribution in [2.45, 2.75) is 32.9 Å². The van der Waals surface area contributed by atoms with Crippen LogP contribution in [0, 0.1) is 0 Å². The molecule has 0 atom stereocenters. The Labute approximate surface area is 149 Å². The lowest BCUT2D eigenvalue weighted by Crippen LogP contribution is -2.06. The van der Waals surface area contributed by atoms with E-state index in [1.807, 2.05) is 6.20 Å². The van der Waals surface area contributed by atoms with E-state index < -0.39 is 6.61 Å². The minimum absolute atomic E-state index is 0.0470. The number of hydrogen-bond donors (Lipinski definition) is 0. The Balaban J connectivity index is 1.74. The monoisotopic (exact) mass is 365 g/mol. The summed E-state index contributed by atoms with van der Waals surface area (Å²) >= 11 is 5.88. The van der Waals surface area contributed by atoms with Gasteiger partial charge in [-0.1, -0.05) is 31.0 Å². The van der Waals surface area contributed by atoms with Gasteiger partial charge in [-0.15, -0.1) is 0 Å². The number of benzene rings is 1. The summed E-state index contributed by atoms with van der Waals surface area (Å²) in [7, 11) is 0. The van der Waals surface area contributed by atoms with Crippen molar-refractivity contribution in [3.05, 3.63) is 47.3 Å². The Hall–Kier alpha value is -2.21. The number of alkyl halides is 2. The summed E-state index contributed by atoms with van der Waals surface area (Å²) in [5.74, 6) is -0.0470. The van der Waals surface area contributed by atoms with Crippen LogP contribution in [0.5, 0.6) is 5.75 Å². The summed E-state index contributed by atoms with van der Waals surface area (Å²) in [6.07, 6.45) is 7.84. The third kappa shape index (κ3) is 4.45. The van der Waals surface area contributed by atoms with E-state index in [-0.39, 0.29) is 10.8 Å². The second-order valence-corrected chi connectivity index (χ2v) is 6.22. The molecule has 7 heteroatoms. The number of allylic oxidation sites excluding steroid dienone is 1. The molecule has 1 aliphatic rings. The molecular weight excluding hydrogens is 348 g/mol. The number of aliphatic imine (C=N–C) groups is 1. The Morgan fingerprint density at radius 3 is 2.92 bits per heavy atom. The maximum atomic E-state index is 12.4. The molecule has 0 saturated heterocycles. The molecule has 0 bridgehead atoms. The van der Waals surface area contributed by atoms with Gasteiger partial charge >= 0.3 is 6.61 Å². The molecule has 1 aromatic carbocycles. The highest BCUT2D eigenvalue weighted by molar-refractivity contribution is 6.32. The van der Waals surface area contributed by atoms with Crippen molar-refractivity contribution >= 4 is 17.3 Å². The van der Waals surface area contributed by atoms with E-state index in [1.54, 1.807) is 16.9 Å². The summed E-state index contributed by atoms with van der Waals surface area (Å²) in [5, 5.41) is 4.47. The molecule has 0 unspecified atom stereocenters. The number of nitrogens with zero attached hydrogens (tertiary/aromatic N) is 3. The number of aromatic nitrogens is 2. The van der Waals surface area contributed by atoms with E-state index in [4.69, 9.17) is 11.6 Å². The molecule has 132 valence electrons. The van der Waals surface area contributed by atoms with Gasteiger partial charge in [-0.25, -0.2) is 0 Å². The van der Waals surface area contributed by atoms with Gasteiger partial charge in [0.2, 0.25) is 0 Å². The summed E-state index contributed by atoms with van der Waals surface area (Å²) in [4.78, 5) is 4.51. The van der Waals surface area contributed by atoms with Gasteiger partial charge < -0.3 is 4.74 Å². The van der Waals surface area contributed by atoms with Crippen LogP contribution < -0.4 is 4.74 Å².